The average molecular weight is 308 g/mol. The molecular formula is C15H20N2O3S. The Morgan fingerprint density at radius 2 is 2.14 bits per heavy atom. The van der Waals surface area contributed by atoms with Crippen molar-refractivity contribution in [2.45, 2.75) is 37.5 Å². The SMILES string of the molecule is N#Cc1ccccc1CS(=O)(=O)NCCC1CCCCO1. The van der Waals surface area contributed by atoms with Crippen molar-refractivity contribution in [3.05, 3.63) is 35.4 Å². The zero-order valence-electron chi connectivity index (χ0n) is 11.9. The van der Waals surface area contributed by atoms with Crippen molar-refractivity contribution in [3.8, 4) is 6.07 Å². The van der Waals surface area contributed by atoms with E-state index in [2.05, 4.69) is 4.72 Å². The lowest BCUT2D eigenvalue weighted by Gasteiger charge is -2.22. The molecule has 1 aromatic carbocycles. The molecule has 21 heavy (non-hydrogen) atoms. The predicted molar refractivity (Wildman–Crippen MR) is 80.0 cm³/mol. The van der Waals surface area contributed by atoms with E-state index in [0.29, 0.717) is 24.1 Å². The molecule has 1 N–H and O–H groups in total. The van der Waals surface area contributed by atoms with Gasteiger partial charge in [-0.15, -0.1) is 0 Å². The van der Waals surface area contributed by atoms with Crippen LogP contribution < -0.4 is 4.72 Å². The first-order valence-electron chi connectivity index (χ1n) is 7.18. The lowest BCUT2D eigenvalue weighted by Crippen LogP contribution is -2.30. The summed E-state index contributed by atoms with van der Waals surface area (Å²) in [7, 11) is -3.42. The van der Waals surface area contributed by atoms with Crippen molar-refractivity contribution in [1.29, 1.82) is 5.26 Å². The summed E-state index contributed by atoms with van der Waals surface area (Å²) < 4.78 is 32.3. The Morgan fingerprint density at radius 1 is 1.33 bits per heavy atom. The van der Waals surface area contributed by atoms with Gasteiger partial charge in [0, 0.05) is 13.2 Å². The van der Waals surface area contributed by atoms with Gasteiger partial charge in [-0.05, 0) is 37.3 Å². The maximum absolute atomic E-state index is 12.0. The lowest BCUT2D eigenvalue weighted by atomic mass is 10.1. The Labute approximate surface area is 126 Å². The number of nitriles is 1. The van der Waals surface area contributed by atoms with E-state index >= 15 is 0 Å². The summed E-state index contributed by atoms with van der Waals surface area (Å²) >= 11 is 0. The molecule has 1 fully saturated rings. The minimum Gasteiger partial charge on any atom is -0.378 e. The molecule has 0 saturated carbocycles. The molecule has 0 radical (unpaired) electrons. The number of nitrogens with zero attached hydrogens (tertiary/aromatic N) is 1. The van der Waals surface area contributed by atoms with Crippen LogP contribution in [0.15, 0.2) is 24.3 Å². The summed E-state index contributed by atoms with van der Waals surface area (Å²) in [5.74, 6) is -0.164. The Morgan fingerprint density at radius 3 is 2.86 bits per heavy atom. The van der Waals surface area contributed by atoms with Crippen LogP contribution in [0, 0.1) is 11.3 Å². The van der Waals surface area contributed by atoms with E-state index in [1.165, 1.54) is 0 Å². The number of nitrogens with one attached hydrogen (secondary N) is 1. The molecule has 6 heteroatoms. The maximum Gasteiger partial charge on any atom is 0.215 e. The molecule has 0 bridgehead atoms. The van der Waals surface area contributed by atoms with Gasteiger partial charge >= 0.3 is 0 Å². The quantitative estimate of drug-likeness (QED) is 0.871. The maximum atomic E-state index is 12.0. The van der Waals surface area contributed by atoms with Gasteiger partial charge in [-0.2, -0.15) is 5.26 Å². The highest BCUT2D eigenvalue weighted by Gasteiger charge is 2.17. The number of hydrogen-bond acceptors (Lipinski definition) is 4. The molecule has 1 aliphatic heterocycles. The molecule has 0 aliphatic carbocycles. The third kappa shape index (κ3) is 5.12. The first-order valence-corrected chi connectivity index (χ1v) is 8.83. The lowest BCUT2D eigenvalue weighted by molar-refractivity contribution is 0.0123. The normalized spacial score (nSPS) is 19.1. The van der Waals surface area contributed by atoms with E-state index in [-0.39, 0.29) is 11.9 Å². The summed E-state index contributed by atoms with van der Waals surface area (Å²) in [6, 6.07) is 8.77. The topological polar surface area (TPSA) is 79.2 Å². The Hall–Kier alpha value is -1.42. The van der Waals surface area contributed by atoms with Gasteiger partial charge in [0.05, 0.1) is 23.5 Å². The molecule has 5 nitrogen and oxygen atoms in total. The van der Waals surface area contributed by atoms with Crippen LogP contribution in [0.1, 0.15) is 36.8 Å². The fraction of sp³-hybridized carbons (Fsp3) is 0.533. The number of rotatable bonds is 6. The fourth-order valence-electron chi connectivity index (χ4n) is 2.42. The second-order valence-electron chi connectivity index (χ2n) is 5.20. The van der Waals surface area contributed by atoms with Crippen molar-refractivity contribution >= 4 is 10.0 Å². The average Bonchev–Trinajstić information content (AvgIpc) is 2.48. The molecule has 2 rings (SSSR count). The van der Waals surface area contributed by atoms with E-state index in [0.717, 1.165) is 25.9 Å². The first-order chi connectivity index (χ1) is 10.1. The van der Waals surface area contributed by atoms with E-state index in [1.54, 1.807) is 24.3 Å². The van der Waals surface area contributed by atoms with Gasteiger partial charge < -0.3 is 4.74 Å². The van der Waals surface area contributed by atoms with Gasteiger partial charge in [0.2, 0.25) is 10.0 Å². The van der Waals surface area contributed by atoms with Crippen molar-refractivity contribution in [2.24, 2.45) is 0 Å². The molecule has 0 aromatic heterocycles. The van der Waals surface area contributed by atoms with Crippen molar-refractivity contribution in [1.82, 2.24) is 4.72 Å². The number of hydrogen-bond donors (Lipinski definition) is 1. The standard InChI is InChI=1S/C15H20N2O3S/c16-11-13-5-1-2-6-14(13)12-21(18,19)17-9-8-15-7-3-4-10-20-15/h1-2,5-6,15,17H,3-4,7-10,12H2. The zero-order chi connectivity index (χ0) is 15.1. The second-order valence-corrected chi connectivity index (χ2v) is 7.01. The Balaban J connectivity index is 1.85. The summed E-state index contributed by atoms with van der Waals surface area (Å²) in [5.41, 5.74) is 0.930. The third-order valence-corrected chi connectivity index (χ3v) is 4.88. The van der Waals surface area contributed by atoms with Crippen LogP contribution in [0.3, 0.4) is 0 Å². The molecule has 1 unspecified atom stereocenters. The third-order valence-electron chi connectivity index (χ3n) is 3.55. The second kappa shape index (κ2) is 7.55. The molecule has 1 atom stereocenters. The van der Waals surface area contributed by atoms with Crippen LogP contribution in [0.25, 0.3) is 0 Å². The van der Waals surface area contributed by atoms with Crippen molar-refractivity contribution in [3.63, 3.8) is 0 Å². The highest BCUT2D eigenvalue weighted by atomic mass is 32.2. The summed E-state index contributed by atoms with van der Waals surface area (Å²) in [6.45, 7) is 1.15. The molecular weight excluding hydrogens is 288 g/mol. The van der Waals surface area contributed by atoms with Gasteiger partial charge in [0.1, 0.15) is 0 Å². The van der Waals surface area contributed by atoms with Crippen molar-refractivity contribution < 1.29 is 13.2 Å². The van der Waals surface area contributed by atoms with Crippen LogP contribution in [0.2, 0.25) is 0 Å². The van der Waals surface area contributed by atoms with Gasteiger partial charge in [0.15, 0.2) is 0 Å². The highest BCUT2D eigenvalue weighted by molar-refractivity contribution is 7.88. The highest BCUT2D eigenvalue weighted by Crippen LogP contribution is 2.15. The Bertz CT molecular complexity index is 602. The first kappa shape index (κ1) is 16.0. The summed E-state index contributed by atoms with van der Waals surface area (Å²) in [5, 5.41) is 8.98. The zero-order valence-corrected chi connectivity index (χ0v) is 12.7. The minimum atomic E-state index is -3.42. The van der Waals surface area contributed by atoms with E-state index in [9.17, 15) is 8.42 Å². The minimum absolute atomic E-state index is 0.160. The predicted octanol–water partition coefficient (Wildman–Crippen LogP) is 1.94. The largest absolute Gasteiger partial charge is 0.378 e. The number of benzene rings is 1. The van der Waals surface area contributed by atoms with E-state index < -0.39 is 10.0 Å². The van der Waals surface area contributed by atoms with Crippen LogP contribution in [-0.4, -0.2) is 27.7 Å². The molecule has 0 amide bonds. The summed E-state index contributed by atoms with van der Waals surface area (Å²) in [6.07, 6.45) is 4.09. The molecule has 1 aliphatic rings. The molecule has 1 saturated heterocycles. The van der Waals surface area contributed by atoms with Gasteiger partial charge in [-0.3, -0.25) is 0 Å². The van der Waals surface area contributed by atoms with Crippen LogP contribution in [-0.2, 0) is 20.5 Å². The van der Waals surface area contributed by atoms with Gasteiger partial charge in [0.25, 0.3) is 0 Å². The Kier molecular flexibility index (Phi) is 5.74. The van der Waals surface area contributed by atoms with Crippen molar-refractivity contribution in [2.75, 3.05) is 13.2 Å². The van der Waals surface area contributed by atoms with Gasteiger partial charge in [-0.25, -0.2) is 13.1 Å². The number of ether oxygens (including phenoxy) is 1. The van der Waals surface area contributed by atoms with Crippen LogP contribution >= 0.6 is 0 Å². The summed E-state index contributed by atoms with van der Waals surface area (Å²) in [4.78, 5) is 0. The molecule has 114 valence electrons. The smallest absolute Gasteiger partial charge is 0.215 e. The van der Waals surface area contributed by atoms with Crippen LogP contribution in [0.5, 0.6) is 0 Å². The van der Waals surface area contributed by atoms with Gasteiger partial charge in [-0.1, -0.05) is 18.2 Å². The molecule has 1 aromatic rings. The van der Waals surface area contributed by atoms with Crippen LogP contribution in [0.4, 0.5) is 0 Å². The number of sulfonamides is 1. The van der Waals surface area contributed by atoms with E-state index in [1.807, 2.05) is 6.07 Å². The molecule has 0 spiro atoms. The fourth-order valence-corrected chi connectivity index (χ4v) is 3.61. The molecule has 1 heterocycles. The monoisotopic (exact) mass is 308 g/mol. The van der Waals surface area contributed by atoms with E-state index in [4.69, 9.17) is 10.00 Å².